The van der Waals surface area contributed by atoms with Crippen LogP contribution in [0.25, 0.3) is 0 Å². The molecule has 3 nitrogen and oxygen atoms in total. The van der Waals surface area contributed by atoms with E-state index in [2.05, 4.69) is 41.2 Å². The summed E-state index contributed by atoms with van der Waals surface area (Å²) < 4.78 is 24.5. The van der Waals surface area contributed by atoms with Crippen molar-refractivity contribution in [3.05, 3.63) is 20.3 Å². The van der Waals surface area contributed by atoms with Crippen LogP contribution in [0.3, 0.4) is 0 Å². The molecule has 0 bridgehead atoms. The predicted molar refractivity (Wildman–Crippen MR) is 84.6 cm³/mol. The van der Waals surface area contributed by atoms with E-state index in [0.29, 0.717) is 11.5 Å². The molecule has 0 aromatic carbocycles. The van der Waals surface area contributed by atoms with Crippen LogP contribution in [0.1, 0.15) is 36.2 Å². The summed E-state index contributed by atoms with van der Waals surface area (Å²) in [6.45, 7) is 5.16. The average molecular weight is 366 g/mol. The molecular weight excluding hydrogens is 346 g/mol. The van der Waals surface area contributed by atoms with E-state index in [-0.39, 0.29) is 12.0 Å². The highest BCUT2D eigenvalue weighted by Gasteiger charge is 2.35. The minimum atomic E-state index is -2.83. The molecule has 19 heavy (non-hydrogen) atoms. The van der Waals surface area contributed by atoms with Crippen molar-refractivity contribution in [2.24, 2.45) is 5.92 Å². The van der Waals surface area contributed by atoms with Gasteiger partial charge in [-0.05, 0) is 59.8 Å². The second-order valence-electron chi connectivity index (χ2n) is 5.16. The number of hydrogen-bond acceptors (Lipinski definition) is 4. The fourth-order valence-corrected chi connectivity index (χ4v) is 6.28. The molecule has 0 saturated carbocycles. The minimum absolute atomic E-state index is 0.166. The van der Waals surface area contributed by atoms with Gasteiger partial charge in [0, 0.05) is 10.9 Å². The summed E-state index contributed by atoms with van der Waals surface area (Å²) in [4.78, 5) is 1.27. The van der Waals surface area contributed by atoms with Gasteiger partial charge in [-0.3, -0.25) is 0 Å². The van der Waals surface area contributed by atoms with Crippen LogP contribution in [0, 0.1) is 12.8 Å². The van der Waals surface area contributed by atoms with Gasteiger partial charge in [-0.2, -0.15) is 0 Å². The van der Waals surface area contributed by atoms with Gasteiger partial charge >= 0.3 is 0 Å². The van der Waals surface area contributed by atoms with Crippen molar-refractivity contribution in [1.82, 2.24) is 5.32 Å². The molecule has 0 spiro atoms. The fourth-order valence-electron chi connectivity index (χ4n) is 2.68. The first kappa shape index (κ1) is 15.5. The smallest absolute Gasteiger partial charge is 0.150 e. The molecule has 0 amide bonds. The van der Waals surface area contributed by atoms with Gasteiger partial charge in [-0.1, -0.05) is 6.92 Å². The normalized spacial score (nSPS) is 23.6. The van der Waals surface area contributed by atoms with Crippen LogP contribution in [0.5, 0.6) is 0 Å². The van der Waals surface area contributed by atoms with Crippen molar-refractivity contribution >= 4 is 37.1 Å². The maximum Gasteiger partial charge on any atom is 0.150 e. The SMILES string of the molecule is CCCNC(c1cc(Br)sc1C)C1CCS(=O)(=O)C1. The summed E-state index contributed by atoms with van der Waals surface area (Å²) in [6, 6.07) is 2.30. The molecule has 2 unspecified atom stereocenters. The summed E-state index contributed by atoms with van der Waals surface area (Å²) in [5, 5.41) is 3.54. The molecule has 1 fully saturated rings. The summed E-state index contributed by atoms with van der Waals surface area (Å²) in [6.07, 6.45) is 1.83. The quantitative estimate of drug-likeness (QED) is 0.870. The van der Waals surface area contributed by atoms with E-state index in [0.717, 1.165) is 23.2 Å². The van der Waals surface area contributed by atoms with Crippen LogP contribution in [0.4, 0.5) is 0 Å². The molecule has 2 atom stereocenters. The zero-order valence-electron chi connectivity index (χ0n) is 11.3. The lowest BCUT2D eigenvalue weighted by Gasteiger charge is -2.24. The molecular formula is C13H20BrNO2S2. The topological polar surface area (TPSA) is 46.2 Å². The Hall–Kier alpha value is 0.0900. The van der Waals surface area contributed by atoms with Crippen LogP contribution in [0.15, 0.2) is 9.85 Å². The Balaban J connectivity index is 2.23. The monoisotopic (exact) mass is 365 g/mol. The summed E-state index contributed by atoms with van der Waals surface area (Å²) in [5.74, 6) is 0.866. The third-order valence-corrected chi connectivity index (χ3v) is 6.98. The Kier molecular flexibility index (Phi) is 5.09. The number of hydrogen-bond donors (Lipinski definition) is 1. The zero-order chi connectivity index (χ0) is 14.0. The maximum atomic E-state index is 11.7. The highest BCUT2D eigenvalue weighted by Crippen LogP contribution is 2.37. The maximum absolute atomic E-state index is 11.7. The van der Waals surface area contributed by atoms with Crippen molar-refractivity contribution in [2.45, 2.75) is 32.7 Å². The first-order chi connectivity index (χ1) is 8.93. The largest absolute Gasteiger partial charge is 0.310 e. The van der Waals surface area contributed by atoms with Gasteiger partial charge in [0.15, 0.2) is 9.84 Å². The number of aryl methyl sites for hydroxylation is 1. The Morgan fingerprint density at radius 1 is 1.58 bits per heavy atom. The Labute approximate surface area is 127 Å². The summed E-state index contributed by atoms with van der Waals surface area (Å²) in [5.41, 5.74) is 1.26. The lowest BCUT2D eigenvalue weighted by molar-refractivity contribution is 0.392. The van der Waals surface area contributed by atoms with Crippen LogP contribution in [-0.4, -0.2) is 26.5 Å². The van der Waals surface area contributed by atoms with Crippen LogP contribution >= 0.6 is 27.3 Å². The fraction of sp³-hybridized carbons (Fsp3) is 0.692. The van der Waals surface area contributed by atoms with Crippen LogP contribution < -0.4 is 5.32 Å². The van der Waals surface area contributed by atoms with Gasteiger partial charge < -0.3 is 5.32 Å². The highest BCUT2D eigenvalue weighted by atomic mass is 79.9. The van der Waals surface area contributed by atoms with Crippen LogP contribution in [0.2, 0.25) is 0 Å². The minimum Gasteiger partial charge on any atom is -0.310 e. The number of rotatable bonds is 5. The molecule has 6 heteroatoms. The third kappa shape index (κ3) is 3.80. The lowest BCUT2D eigenvalue weighted by atomic mass is 9.93. The number of halogens is 1. The Morgan fingerprint density at radius 2 is 2.32 bits per heavy atom. The van der Waals surface area contributed by atoms with Crippen molar-refractivity contribution in [3.8, 4) is 0 Å². The molecule has 1 aromatic rings. The first-order valence-corrected chi connectivity index (χ1v) is 10.1. The average Bonchev–Trinajstić information content (AvgIpc) is 2.83. The van der Waals surface area contributed by atoms with E-state index < -0.39 is 9.84 Å². The van der Waals surface area contributed by atoms with E-state index in [1.807, 2.05) is 0 Å². The summed E-state index contributed by atoms with van der Waals surface area (Å²) >= 11 is 5.24. The molecule has 0 radical (unpaired) electrons. The highest BCUT2D eigenvalue weighted by molar-refractivity contribution is 9.11. The molecule has 1 aromatic heterocycles. The molecule has 1 aliphatic rings. The molecule has 2 rings (SSSR count). The number of nitrogens with one attached hydrogen (secondary N) is 1. The molecule has 1 aliphatic heterocycles. The predicted octanol–water partition coefficient (Wildman–Crippen LogP) is 3.29. The van der Waals surface area contributed by atoms with Gasteiger partial charge in [0.1, 0.15) is 0 Å². The number of sulfone groups is 1. The second kappa shape index (κ2) is 6.24. The van der Waals surface area contributed by atoms with Gasteiger partial charge in [0.05, 0.1) is 15.3 Å². The molecule has 108 valence electrons. The lowest BCUT2D eigenvalue weighted by Crippen LogP contribution is -2.30. The van der Waals surface area contributed by atoms with Gasteiger partial charge in [-0.15, -0.1) is 11.3 Å². The first-order valence-electron chi connectivity index (χ1n) is 6.62. The zero-order valence-corrected chi connectivity index (χ0v) is 14.5. The van der Waals surface area contributed by atoms with Crippen molar-refractivity contribution in [2.75, 3.05) is 18.1 Å². The second-order valence-corrected chi connectivity index (χ2v) is 10.0. The molecule has 1 saturated heterocycles. The van der Waals surface area contributed by atoms with E-state index >= 15 is 0 Å². The molecule has 0 aliphatic carbocycles. The van der Waals surface area contributed by atoms with Gasteiger partial charge in [0.25, 0.3) is 0 Å². The van der Waals surface area contributed by atoms with Gasteiger partial charge in [0.2, 0.25) is 0 Å². The van der Waals surface area contributed by atoms with Crippen molar-refractivity contribution in [3.63, 3.8) is 0 Å². The third-order valence-electron chi connectivity index (χ3n) is 3.61. The van der Waals surface area contributed by atoms with Crippen molar-refractivity contribution in [1.29, 1.82) is 0 Å². The van der Waals surface area contributed by atoms with Gasteiger partial charge in [-0.25, -0.2) is 8.42 Å². The van der Waals surface area contributed by atoms with E-state index in [4.69, 9.17) is 0 Å². The van der Waals surface area contributed by atoms with Crippen molar-refractivity contribution < 1.29 is 8.42 Å². The Bertz CT molecular complexity index is 539. The Morgan fingerprint density at radius 3 is 2.79 bits per heavy atom. The van der Waals surface area contributed by atoms with E-state index in [1.165, 1.54) is 10.4 Å². The van der Waals surface area contributed by atoms with Crippen LogP contribution in [-0.2, 0) is 9.84 Å². The van der Waals surface area contributed by atoms with E-state index in [1.54, 1.807) is 11.3 Å². The molecule has 2 heterocycles. The number of thiophene rings is 1. The standard InChI is InChI=1S/C13H20BrNO2S2/c1-3-5-15-13(10-4-6-19(16,17)8-10)11-7-12(14)18-9(11)2/h7,10,13,15H,3-6,8H2,1-2H3. The molecule has 1 N–H and O–H groups in total. The van der Waals surface area contributed by atoms with E-state index in [9.17, 15) is 8.42 Å². The summed E-state index contributed by atoms with van der Waals surface area (Å²) in [7, 11) is -2.83.